The van der Waals surface area contributed by atoms with Crippen LogP contribution >= 0.6 is 11.3 Å². The molecule has 1 fully saturated rings. The molecule has 0 radical (unpaired) electrons. The van der Waals surface area contributed by atoms with Crippen LogP contribution in [-0.2, 0) is 6.54 Å². The predicted molar refractivity (Wildman–Crippen MR) is 72.4 cm³/mol. The summed E-state index contributed by atoms with van der Waals surface area (Å²) in [5, 5.41) is 22.5. The van der Waals surface area contributed by atoms with Crippen molar-refractivity contribution in [2.24, 2.45) is 0 Å². The zero-order chi connectivity index (χ0) is 12.4. The number of nitrogens with one attached hydrogen (secondary N) is 2. The van der Waals surface area contributed by atoms with Gasteiger partial charge in [0.15, 0.2) is 0 Å². The standard InChI is InChI=1S/C13H17N3OS/c17-13(4-2-5-13)9-14-7-10-8-15-16-12(10)11-3-1-6-18-11/h1,3,6,8,14,17H,2,4-5,7,9H2,(H,15,16). The topological polar surface area (TPSA) is 60.9 Å². The van der Waals surface area contributed by atoms with Crippen molar-refractivity contribution in [1.82, 2.24) is 15.5 Å². The SMILES string of the molecule is OC1(CNCc2cn[nH]c2-c2cccs2)CCC1. The van der Waals surface area contributed by atoms with Gasteiger partial charge in [0.05, 0.1) is 22.4 Å². The molecule has 2 aromatic rings. The molecular weight excluding hydrogens is 246 g/mol. The quantitative estimate of drug-likeness (QED) is 0.774. The Labute approximate surface area is 110 Å². The van der Waals surface area contributed by atoms with Crippen molar-refractivity contribution in [2.45, 2.75) is 31.4 Å². The zero-order valence-corrected chi connectivity index (χ0v) is 11.0. The number of aliphatic hydroxyl groups is 1. The van der Waals surface area contributed by atoms with Crippen LogP contribution in [0.25, 0.3) is 10.6 Å². The van der Waals surface area contributed by atoms with E-state index >= 15 is 0 Å². The molecule has 0 bridgehead atoms. The Kier molecular flexibility index (Phi) is 3.20. The lowest BCUT2D eigenvalue weighted by atomic mass is 9.80. The molecular formula is C13H17N3OS. The summed E-state index contributed by atoms with van der Waals surface area (Å²) in [7, 11) is 0. The van der Waals surface area contributed by atoms with Crippen molar-refractivity contribution < 1.29 is 5.11 Å². The summed E-state index contributed by atoms with van der Waals surface area (Å²) in [4.78, 5) is 1.20. The van der Waals surface area contributed by atoms with Gasteiger partial charge in [0.2, 0.25) is 0 Å². The summed E-state index contributed by atoms with van der Waals surface area (Å²) in [6, 6.07) is 4.12. The number of nitrogens with zero attached hydrogens (tertiary/aromatic N) is 1. The van der Waals surface area contributed by atoms with E-state index in [4.69, 9.17) is 0 Å². The van der Waals surface area contributed by atoms with Crippen LogP contribution in [0.15, 0.2) is 23.7 Å². The minimum Gasteiger partial charge on any atom is -0.389 e. The number of H-pyrrole nitrogens is 1. The van der Waals surface area contributed by atoms with Crippen LogP contribution in [0, 0.1) is 0 Å². The molecule has 3 rings (SSSR count). The number of thiophene rings is 1. The summed E-state index contributed by atoms with van der Waals surface area (Å²) < 4.78 is 0. The fourth-order valence-electron chi connectivity index (χ4n) is 2.27. The first-order valence-electron chi connectivity index (χ1n) is 6.26. The van der Waals surface area contributed by atoms with Crippen LogP contribution in [0.2, 0.25) is 0 Å². The minimum absolute atomic E-state index is 0.465. The van der Waals surface area contributed by atoms with E-state index < -0.39 is 5.60 Å². The summed E-state index contributed by atoms with van der Waals surface area (Å²) in [5.74, 6) is 0. The summed E-state index contributed by atoms with van der Waals surface area (Å²) >= 11 is 1.70. The van der Waals surface area contributed by atoms with Crippen LogP contribution in [0.1, 0.15) is 24.8 Å². The molecule has 0 spiro atoms. The van der Waals surface area contributed by atoms with Crippen molar-refractivity contribution in [2.75, 3.05) is 6.54 Å². The molecule has 0 aliphatic heterocycles. The van der Waals surface area contributed by atoms with Crippen LogP contribution in [-0.4, -0.2) is 27.4 Å². The zero-order valence-electron chi connectivity index (χ0n) is 10.1. The largest absolute Gasteiger partial charge is 0.389 e. The molecule has 1 aliphatic carbocycles. The number of aromatic amines is 1. The fraction of sp³-hybridized carbons (Fsp3) is 0.462. The Morgan fingerprint density at radius 3 is 3.06 bits per heavy atom. The third kappa shape index (κ3) is 2.34. The van der Waals surface area contributed by atoms with Gasteiger partial charge in [0.1, 0.15) is 0 Å². The number of hydrogen-bond acceptors (Lipinski definition) is 4. The first-order valence-corrected chi connectivity index (χ1v) is 7.14. The highest BCUT2D eigenvalue weighted by Gasteiger charge is 2.33. The van der Waals surface area contributed by atoms with Gasteiger partial charge in [-0.2, -0.15) is 5.10 Å². The third-order valence-electron chi connectivity index (χ3n) is 3.54. The lowest BCUT2D eigenvalue weighted by Gasteiger charge is -2.36. The second kappa shape index (κ2) is 4.84. The molecule has 0 atom stereocenters. The van der Waals surface area contributed by atoms with E-state index in [1.165, 1.54) is 4.88 Å². The Balaban J connectivity index is 1.61. The maximum Gasteiger partial charge on any atom is 0.0794 e. The van der Waals surface area contributed by atoms with Crippen molar-refractivity contribution in [1.29, 1.82) is 0 Å². The van der Waals surface area contributed by atoms with Gasteiger partial charge < -0.3 is 10.4 Å². The van der Waals surface area contributed by atoms with Crippen molar-refractivity contribution in [3.05, 3.63) is 29.3 Å². The van der Waals surface area contributed by atoms with E-state index in [0.29, 0.717) is 6.54 Å². The Morgan fingerprint density at radius 2 is 2.39 bits per heavy atom. The van der Waals surface area contributed by atoms with Crippen LogP contribution in [0.3, 0.4) is 0 Å². The Hall–Kier alpha value is -1.17. The van der Waals surface area contributed by atoms with Gasteiger partial charge in [0, 0.05) is 18.7 Å². The molecule has 18 heavy (non-hydrogen) atoms. The van der Waals surface area contributed by atoms with E-state index in [1.807, 2.05) is 12.3 Å². The van der Waals surface area contributed by atoms with Crippen LogP contribution in [0.5, 0.6) is 0 Å². The second-order valence-corrected chi connectivity index (χ2v) is 5.88. The lowest BCUT2D eigenvalue weighted by molar-refractivity contribution is -0.0314. The van der Waals surface area contributed by atoms with Gasteiger partial charge in [-0.3, -0.25) is 5.10 Å². The maximum absolute atomic E-state index is 10.0. The van der Waals surface area contributed by atoms with Gasteiger partial charge in [-0.1, -0.05) is 6.07 Å². The molecule has 1 saturated carbocycles. The molecule has 2 heterocycles. The Bertz CT molecular complexity index is 502. The number of aromatic nitrogens is 2. The van der Waals surface area contributed by atoms with E-state index in [0.717, 1.165) is 37.1 Å². The van der Waals surface area contributed by atoms with Crippen LogP contribution < -0.4 is 5.32 Å². The Morgan fingerprint density at radius 1 is 1.50 bits per heavy atom. The molecule has 4 nitrogen and oxygen atoms in total. The fourth-order valence-corrected chi connectivity index (χ4v) is 3.03. The predicted octanol–water partition coefficient (Wildman–Crippen LogP) is 2.14. The van der Waals surface area contributed by atoms with E-state index in [2.05, 4.69) is 27.0 Å². The van der Waals surface area contributed by atoms with E-state index in [9.17, 15) is 5.11 Å². The average Bonchev–Trinajstić information content (AvgIpc) is 2.96. The lowest BCUT2D eigenvalue weighted by Crippen LogP contribution is -2.45. The van der Waals surface area contributed by atoms with Crippen molar-refractivity contribution in [3.63, 3.8) is 0 Å². The molecule has 3 N–H and O–H groups in total. The third-order valence-corrected chi connectivity index (χ3v) is 4.43. The first-order chi connectivity index (χ1) is 8.77. The highest BCUT2D eigenvalue weighted by Crippen LogP contribution is 2.31. The molecule has 0 unspecified atom stereocenters. The number of hydrogen-bond donors (Lipinski definition) is 3. The normalized spacial score (nSPS) is 17.6. The summed E-state index contributed by atoms with van der Waals surface area (Å²) in [6.07, 6.45) is 4.84. The molecule has 96 valence electrons. The summed E-state index contributed by atoms with van der Waals surface area (Å²) in [5.41, 5.74) is 1.77. The highest BCUT2D eigenvalue weighted by molar-refractivity contribution is 7.13. The smallest absolute Gasteiger partial charge is 0.0794 e. The second-order valence-electron chi connectivity index (χ2n) is 4.93. The van der Waals surface area contributed by atoms with E-state index in [-0.39, 0.29) is 0 Å². The molecule has 2 aromatic heterocycles. The minimum atomic E-state index is -0.465. The molecule has 5 heteroatoms. The van der Waals surface area contributed by atoms with E-state index in [1.54, 1.807) is 11.3 Å². The van der Waals surface area contributed by atoms with Gasteiger partial charge in [-0.05, 0) is 30.7 Å². The van der Waals surface area contributed by atoms with Gasteiger partial charge in [0.25, 0.3) is 0 Å². The van der Waals surface area contributed by atoms with Crippen molar-refractivity contribution >= 4 is 11.3 Å². The molecule has 0 aromatic carbocycles. The number of rotatable bonds is 5. The van der Waals surface area contributed by atoms with Crippen molar-refractivity contribution in [3.8, 4) is 10.6 Å². The molecule has 1 aliphatic rings. The van der Waals surface area contributed by atoms with Gasteiger partial charge in [-0.25, -0.2) is 0 Å². The van der Waals surface area contributed by atoms with Gasteiger partial charge >= 0.3 is 0 Å². The highest BCUT2D eigenvalue weighted by atomic mass is 32.1. The first kappa shape index (κ1) is 11.9. The monoisotopic (exact) mass is 263 g/mol. The average molecular weight is 263 g/mol. The molecule has 0 amide bonds. The summed E-state index contributed by atoms with van der Waals surface area (Å²) in [6.45, 7) is 1.41. The van der Waals surface area contributed by atoms with Crippen LogP contribution in [0.4, 0.5) is 0 Å². The molecule has 0 saturated heterocycles. The maximum atomic E-state index is 10.0. The van der Waals surface area contributed by atoms with Gasteiger partial charge in [-0.15, -0.1) is 11.3 Å².